The van der Waals surface area contributed by atoms with Crippen molar-refractivity contribution in [3.05, 3.63) is 90.5 Å². The van der Waals surface area contributed by atoms with E-state index >= 15 is 0 Å². The summed E-state index contributed by atoms with van der Waals surface area (Å²) in [6.07, 6.45) is 0. The summed E-state index contributed by atoms with van der Waals surface area (Å²) >= 11 is 0. The van der Waals surface area contributed by atoms with E-state index < -0.39 is 7.25 Å². The van der Waals surface area contributed by atoms with Crippen molar-refractivity contribution in [2.75, 3.05) is 0 Å². The van der Waals surface area contributed by atoms with Crippen LogP contribution in [-0.2, 0) is 16.3 Å². The molecule has 0 aliphatic rings. The summed E-state index contributed by atoms with van der Waals surface area (Å²) in [5, 5.41) is 0. The molecular weight excluding hydrogens is 383 g/mol. The van der Waals surface area contributed by atoms with Crippen molar-refractivity contribution in [1.82, 2.24) is 0 Å². The van der Waals surface area contributed by atoms with Gasteiger partial charge in [0.05, 0.1) is 10.9 Å². The lowest BCUT2D eigenvalue weighted by atomic mass is 9.87. The molecule has 0 amide bonds. The van der Waals surface area contributed by atoms with Crippen molar-refractivity contribution < 1.29 is 17.3 Å². The van der Waals surface area contributed by atoms with Gasteiger partial charge < -0.3 is 17.3 Å². The number of hydrogen-bond donors (Lipinski definition) is 0. The molecule has 0 aliphatic carbocycles. The van der Waals surface area contributed by atoms with Crippen molar-refractivity contribution in [2.45, 2.75) is 40.9 Å². The van der Waals surface area contributed by atoms with Crippen LogP contribution >= 0.6 is 0 Å². The molecule has 0 N–H and O–H groups in total. The fourth-order valence-corrected chi connectivity index (χ4v) is 4.70. The van der Waals surface area contributed by atoms with Gasteiger partial charge in [-0.1, -0.05) is 69.3 Å². The molecule has 28 heavy (non-hydrogen) atoms. The van der Waals surface area contributed by atoms with Crippen LogP contribution in [-0.4, -0.2) is 7.25 Å². The molecule has 0 heterocycles. The van der Waals surface area contributed by atoms with Crippen molar-refractivity contribution in [1.29, 1.82) is 0 Å². The minimum absolute atomic E-state index is 0.0497. The Morgan fingerprint density at radius 1 is 0.571 bits per heavy atom. The molecule has 0 saturated heterocycles. The summed E-state index contributed by atoms with van der Waals surface area (Å²) in [6, 6.07) is 30.7. The quantitative estimate of drug-likeness (QED) is 0.242. The second-order valence-electron chi connectivity index (χ2n) is 7.20. The zero-order valence-corrected chi connectivity index (χ0v) is 16.9. The predicted molar refractivity (Wildman–Crippen MR) is 110 cm³/mol. The zero-order chi connectivity index (χ0) is 20.8. The van der Waals surface area contributed by atoms with Crippen molar-refractivity contribution in [3.8, 4) is 0 Å². The molecule has 3 aromatic carbocycles. The van der Waals surface area contributed by atoms with Gasteiger partial charge in [0.15, 0.2) is 14.7 Å². The topological polar surface area (TPSA) is 0 Å². The van der Waals surface area contributed by atoms with E-state index in [2.05, 4.69) is 106 Å². The van der Waals surface area contributed by atoms with Crippen LogP contribution in [0.4, 0.5) is 17.3 Å². The van der Waals surface area contributed by atoms with Gasteiger partial charge in [-0.15, -0.1) is 0 Å². The Kier molecular flexibility index (Phi) is 7.36. The van der Waals surface area contributed by atoms with Gasteiger partial charge in [-0.3, -0.25) is 0 Å². The Morgan fingerprint density at radius 2 is 0.893 bits per heavy atom. The Bertz CT molecular complexity index is 796. The zero-order valence-electron chi connectivity index (χ0n) is 16.1. The predicted octanol–water partition coefficient (Wildman–Crippen LogP) is 7.38. The molecule has 3 aromatic rings. The van der Waals surface area contributed by atoms with E-state index in [0.29, 0.717) is 0 Å². The minimum Gasteiger partial charge on any atom is -0.418 e. The minimum atomic E-state index is -6.00. The van der Waals surface area contributed by atoms with Gasteiger partial charge in [-0.05, 0) is 47.4 Å². The molecule has 0 fully saturated rings. The molecule has 0 saturated carbocycles. The largest absolute Gasteiger partial charge is 0.673 e. The van der Waals surface area contributed by atoms with Crippen LogP contribution < -0.4 is 0 Å². The molecule has 0 aromatic heterocycles. The van der Waals surface area contributed by atoms with Crippen LogP contribution in [0.1, 0.15) is 26.3 Å². The number of hydrogen-bond acceptors (Lipinski definition) is 0. The van der Waals surface area contributed by atoms with Gasteiger partial charge in [0, 0.05) is 0 Å². The van der Waals surface area contributed by atoms with Gasteiger partial charge in [-0.25, -0.2) is 0 Å². The standard InChI is InChI=1S/C22H23S.BF4/c1-22(2,3)18-14-16-21(17-15-18)23(19-10-6-4-7-11-19)20-12-8-5-9-13-20;2-1(3,4)5/h4-17H,1-3H3;/q+1;-1. The van der Waals surface area contributed by atoms with Gasteiger partial charge in [0.1, 0.15) is 0 Å². The van der Waals surface area contributed by atoms with Gasteiger partial charge in [0.2, 0.25) is 0 Å². The van der Waals surface area contributed by atoms with E-state index in [9.17, 15) is 17.3 Å². The average molecular weight is 406 g/mol. The van der Waals surface area contributed by atoms with Crippen LogP contribution in [0.3, 0.4) is 0 Å². The van der Waals surface area contributed by atoms with Crippen LogP contribution in [0.15, 0.2) is 99.6 Å². The molecular formula is C22H23BF4S. The second-order valence-corrected chi connectivity index (χ2v) is 9.23. The van der Waals surface area contributed by atoms with Crippen LogP contribution in [0.5, 0.6) is 0 Å². The van der Waals surface area contributed by atoms with E-state index in [4.69, 9.17) is 0 Å². The Hall–Kier alpha value is -2.21. The van der Waals surface area contributed by atoms with Gasteiger partial charge in [0.25, 0.3) is 0 Å². The first kappa shape index (κ1) is 22.1. The first-order chi connectivity index (χ1) is 13.1. The maximum absolute atomic E-state index is 9.75. The highest BCUT2D eigenvalue weighted by molar-refractivity contribution is 7.97. The van der Waals surface area contributed by atoms with Crippen LogP contribution in [0.2, 0.25) is 0 Å². The highest BCUT2D eigenvalue weighted by Gasteiger charge is 2.28. The van der Waals surface area contributed by atoms with Crippen LogP contribution in [0.25, 0.3) is 0 Å². The molecule has 3 rings (SSSR count). The Labute approximate surface area is 167 Å². The lowest BCUT2D eigenvalue weighted by Gasteiger charge is -2.19. The third kappa shape index (κ3) is 7.08. The normalized spacial score (nSPS) is 11.7. The average Bonchev–Trinajstić information content (AvgIpc) is 2.62. The molecule has 0 aliphatic heterocycles. The number of rotatable bonds is 3. The van der Waals surface area contributed by atoms with Crippen molar-refractivity contribution in [2.24, 2.45) is 0 Å². The summed E-state index contributed by atoms with van der Waals surface area (Å²) in [5.41, 5.74) is 1.57. The fraction of sp³-hybridized carbons (Fsp3) is 0.182. The first-order valence-electron chi connectivity index (χ1n) is 8.88. The molecule has 0 bridgehead atoms. The third-order valence-electron chi connectivity index (χ3n) is 3.91. The lowest BCUT2D eigenvalue weighted by molar-refractivity contribution is 0.368. The Morgan fingerprint density at radius 3 is 1.21 bits per heavy atom. The van der Waals surface area contributed by atoms with E-state index in [1.54, 1.807) is 0 Å². The monoisotopic (exact) mass is 406 g/mol. The molecule has 0 nitrogen and oxygen atoms in total. The van der Waals surface area contributed by atoms with Gasteiger partial charge >= 0.3 is 7.25 Å². The second kappa shape index (κ2) is 9.33. The SMILES string of the molecule is CC(C)(C)c1ccc([S+](c2ccccc2)c2ccccc2)cc1.F[B-](F)(F)F. The Balaban J connectivity index is 0.000000500. The highest BCUT2D eigenvalue weighted by atomic mass is 32.2. The van der Waals surface area contributed by atoms with Gasteiger partial charge in [-0.2, -0.15) is 0 Å². The molecule has 0 spiro atoms. The lowest BCUT2D eigenvalue weighted by Crippen LogP contribution is -2.11. The first-order valence-corrected chi connectivity index (χ1v) is 10.1. The van der Waals surface area contributed by atoms with E-state index in [0.717, 1.165) is 0 Å². The number of benzene rings is 3. The summed E-state index contributed by atoms with van der Waals surface area (Å²) < 4.78 is 39.0. The number of halogens is 4. The summed E-state index contributed by atoms with van der Waals surface area (Å²) in [6.45, 7) is 6.78. The molecule has 0 unspecified atom stereocenters. The molecule has 0 radical (unpaired) electrons. The van der Waals surface area contributed by atoms with E-state index in [1.807, 2.05) is 0 Å². The molecule has 148 valence electrons. The maximum Gasteiger partial charge on any atom is 0.673 e. The van der Waals surface area contributed by atoms with E-state index in [-0.39, 0.29) is 16.3 Å². The van der Waals surface area contributed by atoms with Crippen LogP contribution in [0, 0.1) is 0 Å². The highest BCUT2D eigenvalue weighted by Crippen LogP contribution is 2.32. The summed E-state index contributed by atoms with van der Waals surface area (Å²) in [5.74, 6) is 0. The summed E-state index contributed by atoms with van der Waals surface area (Å²) in [4.78, 5) is 4.10. The maximum atomic E-state index is 9.75. The molecule has 6 heteroatoms. The summed E-state index contributed by atoms with van der Waals surface area (Å²) in [7, 11) is -6.05. The van der Waals surface area contributed by atoms with E-state index in [1.165, 1.54) is 20.2 Å². The van der Waals surface area contributed by atoms with Crippen molar-refractivity contribution in [3.63, 3.8) is 0 Å². The van der Waals surface area contributed by atoms with Crippen molar-refractivity contribution >= 4 is 18.1 Å². The smallest absolute Gasteiger partial charge is 0.418 e. The fourth-order valence-electron chi connectivity index (χ4n) is 2.61. The molecule has 0 atom stereocenters. The third-order valence-corrected chi connectivity index (χ3v) is 6.14.